The Hall–Kier alpha value is -1.58. The first-order chi connectivity index (χ1) is 10.2. The molecule has 1 aromatic heterocycles. The van der Waals surface area contributed by atoms with Crippen molar-refractivity contribution in [2.24, 2.45) is 0 Å². The van der Waals surface area contributed by atoms with E-state index in [-0.39, 0.29) is 6.04 Å². The summed E-state index contributed by atoms with van der Waals surface area (Å²) in [7, 11) is 0. The number of hydrogen-bond donors (Lipinski definition) is 1. The van der Waals surface area contributed by atoms with E-state index in [0.717, 1.165) is 21.1 Å². The summed E-state index contributed by atoms with van der Waals surface area (Å²) >= 11 is 9.81. The van der Waals surface area contributed by atoms with Crippen LogP contribution in [0, 0.1) is 0 Å². The standard InChI is InChI=1S/C17H14BrClN2/c1-11(12-5-2-3-7-14(12)18)21-16-9-8-15(19)17-13(16)6-4-10-20-17/h2-11,21H,1H3. The third-order valence-corrected chi connectivity index (χ3v) is 4.49. The summed E-state index contributed by atoms with van der Waals surface area (Å²) in [6.07, 6.45) is 1.76. The molecule has 0 fully saturated rings. The van der Waals surface area contributed by atoms with Crippen LogP contribution >= 0.6 is 27.5 Å². The van der Waals surface area contributed by atoms with E-state index in [1.54, 1.807) is 6.20 Å². The fourth-order valence-corrected chi connectivity index (χ4v) is 3.24. The predicted octanol–water partition coefficient (Wildman–Crippen LogP) is 5.82. The summed E-state index contributed by atoms with van der Waals surface area (Å²) in [4.78, 5) is 4.36. The molecular weight excluding hydrogens is 348 g/mol. The quantitative estimate of drug-likeness (QED) is 0.635. The molecule has 1 heterocycles. The largest absolute Gasteiger partial charge is 0.378 e. The molecule has 21 heavy (non-hydrogen) atoms. The summed E-state index contributed by atoms with van der Waals surface area (Å²) in [5, 5.41) is 5.24. The monoisotopic (exact) mass is 360 g/mol. The Morgan fingerprint density at radius 3 is 2.71 bits per heavy atom. The third-order valence-electron chi connectivity index (χ3n) is 3.46. The first kappa shape index (κ1) is 14.4. The number of anilines is 1. The van der Waals surface area contributed by atoms with E-state index >= 15 is 0 Å². The zero-order chi connectivity index (χ0) is 14.8. The molecule has 1 unspecified atom stereocenters. The van der Waals surface area contributed by atoms with Gasteiger partial charge in [-0.3, -0.25) is 4.98 Å². The third kappa shape index (κ3) is 2.89. The highest BCUT2D eigenvalue weighted by Crippen LogP contribution is 2.32. The van der Waals surface area contributed by atoms with Crippen LogP contribution in [0.5, 0.6) is 0 Å². The van der Waals surface area contributed by atoms with Gasteiger partial charge >= 0.3 is 0 Å². The van der Waals surface area contributed by atoms with Gasteiger partial charge in [-0.15, -0.1) is 0 Å². The lowest BCUT2D eigenvalue weighted by Crippen LogP contribution is -2.07. The Morgan fingerprint density at radius 1 is 1.10 bits per heavy atom. The van der Waals surface area contributed by atoms with Gasteiger partial charge in [-0.1, -0.05) is 45.7 Å². The van der Waals surface area contributed by atoms with Gasteiger partial charge in [0, 0.05) is 27.8 Å². The lowest BCUT2D eigenvalue weighted by atomic mass is 10.1. The maximum atomic E-state index is 6.21. The molecule has 2 aromatic carbocycles. The van der Waals surface area contributed by atoms with E-state index in [2.05, 4.69) is 45.3 Å². The first-order valence-electron chi connectivity index (χ1n) is 6.71. The van der Waals surface area contributed by atoms with Crippen LogP contribution in [0.15, 0.2) is 59.2 Å². The van der Waals surface area contributed by atoms with Gasteiger partial charge in [0.15, 0.2) is 0 Å². The van der Waals surface area contributed by atoms with Crippen LogP contribution in [-0.2, 0) is 0 Å². The lowest BCUT2D eigenvalue weighted by molar-refractivity contribution is 0.881. The molecule has 3 aromatic rings. The van der Waals surface area contributed by atoms with Gasteiger partial charge in [0.05, 0.1) is 10.5 Å². The summed E-state index contributed by atoms with van der Waals surface area (Å²) in [6.45, 7) is 2.14. The topological polar surface area (TPSA) is 24.9 Å². The van der Waals surface area contributed by atoms with E-state index in [9.17, 15) is 0 Å². The molecule has 1 N–H and O–H groups in total. The summed E-state index contributed by atoms with van der Waals surface area (Å²) in [6, 6.07) is 16.2. The van der Waals surface area contributed by atoms with Crippen molar-refractivity contribution in [1.82, 2.24) is 4.98 Å². The SMILES string of the molecule is CC(Nc1ccc(Cl)c2ncccc12)c1ccccc1Br. The van der Waals surface area contributed by atoms with Gasteiger partial charge < -0.3 is 5.32 Å². The fourth-order valence-electron chi connectivity index (χ4n) is 2.40. The number of rotatable bonds is 3. The predicted molar refractivity (Wildman–Crippen MR) is 92.9 cm³/mol. The Bertz CT molecular complexity index is 789. The summed E-state index contributed by atoms with van der Waals surface area (Å²) in [5.74, 6) is 0. The molecular formula is C17H14BrClN2. The number of fused-ring (bicyclic) bond motifs is 1. The molecule has 0 aliphatic carbocycles. The van der Waals surface area contributed by atoms with Crippen LogP contribution in [-0.4, -0.2) is 4.98 Å². The number of hydrogen-bond acceptors (Lipinski definition) is 2. The normalized spacial score (nSPS) is 12.3. The van der Waals surface area contributed by atoms with Crippen molar-refractivity contribution >= 4 is 44.1 Å². The molecule has 0 aliphatic rings. The van der Waals surface area contributed by atoms with Crippen molar-refractivity contribution in [3.63, 3.8) is 0 Å². The maximum Gasteiger partial charge on any atom is 0.0908 e. The molecule has 0 radical (unpaired) electrons. The molecule has 0 spiro atoms. The molecule has 106 valence electrons. The van der Waals surface area contributed by atoms with Crippen molar-refractivity contribution in [1.29, 1.82) is 0 Å². The average molecular weight is 362 g/mol. The number of aromatic nitrogens is 1. The molecule has 0 saturated carbocycles. The Balaban J connectivity index is 1.99. The molecule has 0 saturated heterocycles. The number of nitrogens with zero attached hydrogens (tertiary/aromatic N) is 1. The van der Waals surface area contributed by atoms with Gasteiger partial charge in [0.25, 0.3) is 0 Å². The summed E-state index contributed by atoms with van der Waals surface area (Å²) < 4.78 is 1.10. The van der Waals surface area contributed by atoms with E-state index < -0.39 is 0 Å². The molecule has 3 rings (SSSR count). The number of halogens is 2. The second kappa shape index (κ2) is 6.04. The van der Waals surface area contributed by atoms with E-state index in [1.165, 1.54) is 5.56 Å². The molecule has 0 bridgehead atoms. The maximum absolute atomic E-state index is 6.21. The molecule has 2 nitrogen and oxygen atoms in total. The second-order valence-electron chi connectivity index (χ2n) is 4.88. The van der Waals surface area contributed by atoms with Crippen molar-refractivity contribution in [3.05, 3.63) is 69.8 Å². The highest BCUT2D eigenvalue weighted by molar-refractivity contribution is 9.10. The number of nitrogens with one attached hydrogen (secondary N) is 1. The van der Waals surface area contributed by atoms with Crippen LogP contribution in [0.25, 0.3) is 10.9 Å². The minimum atomic E-state index is 0.171. The zero-order valence-electron chi connectivity index (χ0n) is 11.5. The summed E-state index contributed by atoms with van der Waals surface area (Å²) in [5.41, 5.74) is 3.07. The Kier molecular flexibility index (Phi) is 4.13. The zero-order valence-corrected chi connectivity index (χ0v) is 13.8. The number of benzene rings is 2. The molecule has 0 aliphatic heterocycles. The Labute approximate surface area is 137 Å². The van der Waals surface area contributed by atoms with Crippen molar-refractivity contribution in [2.75, 3.05) is 5.32 Å². The highest BCUT2D eigenvalue weighted by atomic mass is 79.9. The van der Waals surface area contributed by atoms with Crippen LogP contribution in [0.3, 0.4) is 0 Å². The molecule has 1 atom stereocenters. The minimum Gasteiger partial charge on any atom is -0.378 e. The van der Waals surface area contributed by atoms with Crippen molar-refractivity contribution in [3.8, 4) is 0 Å². The average Bonchev–Trinajstić information content (AvgIpc) is 2.51. The first-order valence-corrected chi connectivity index (χ1v) is 7.88. The van der Waals surface area contributed by atoms with Gasteiger partial charge in [-0.2, -0.15) is 0 Å². The van der Waals surface area contributed by atoms with Gasteiger partial charge in [0.2, 0.25) is 0 Å². The van der Waals surface area contributed by atoms with Crippen LogP contribution < -0.4 is 5.32 Å². The van der Waals surface area contributed by atoms with Crippen molar-refractivity contribution in [2.45, 2.75) is 13.0 Å². The second-order valence-corrected chi connectivity index (χ2v) is 6.14. The fraction of sp³-hybridized carbons (Fsp3) is 0.118. The Morgan fingerprint density at radius 2 is 1.90 bits per heavy atom. The van der Waals surface area contributed by atoms with E-state index in [1.807, 2.05) is 36.4 Å². The van der Waals surface area contributed by atoms with Gasteiger partial charge in [-0.05, 0) is 42.8 Å². The van der Waals surface area contributed by atoms with Gasteiger partial charge in [0.1, 0.15) is 0 Å². The van der Waals surface area contributed by atoms with Gasteiger partial charge in [-0.25, -0.2) is 0 Å². The smallest absolute Gasteiger partial charge is 0.0908 e. The molecule has 4 heteroatoms. The highest BCUT2D eigenvalue weighted by Gasteiger charge is 2.11. The van der Waals surface area contributed by atoms with Crippen LogP contribution in [0.1, 0.15) is 18.5 Å². The molecule has 0 amide bonds. The van der Waals surface area contributed by atoms with Crippen molar-refractivity contribution < 1.29 is 0 Å². The minimum absolute atomic E-state index is 0.171. The van der Waals surface area contributed by atoms with Crippen LogP contribution in [0.2, 0.25) is 5.02 Å². The van der Waals surface area contributed by atoms with E-state index in [0.29, 0.717) is 5.02 Å². The lowest BCUT2D eigenvalue weighted by Gasteiger charge is -2.18. The number of pyridine rings is 1. The van der Waals surface area contributed by atoms with E-state index in [4.69, 9.17) is 11.6 Å². The van der Waals surface area contributed by atoms with Crippen LogP contribution in [0.4, 0.5) is 5.69 Å².